The summed E-state index contributed by atoms with van der Waals surface area (Å²) in [4.78, 5) is 12.3. The molecule has 0 unspecified atom stereocenters. The van der Waals surface area contributed by atoms with E-state index in [-0.39, 0.29) is 18.0 Å². The fourth-order valence-corrected chi connectivity index (χ4v) is 4.00. The maximum absolute atomic E-state index is 13.0. The lowest BCUT2D eigenvalue weighted by molar-refractivity contribution is 0.0525. The zero-order valence-electron chi connectivity index (χ0n) is 14.3. The molecule has 2 aromatic carbocycles. The van der Waals surface area contributed by atoms with Gasteiger partial charge in [0.25, 0.3) is 10.0 Å². The number of ether oxygens (including phenoxy) is 1. The van der Waals surface area contributed by atoms with Crippen LogP contribution in [0.15, 0.2) is 66.1 Å². The van der Waals surface area contributed by atoms with E-state index in [0.29, 0.717) is 16.8 Å². The number of carbonyl (C=O) groups is 1. The number of nitrogens with zero attached hydrogens (tertiary/aromatic N) is 1. The van der Waals surface area contributed by atoms with Gasteiger partial charge in [0.05, 0.1) is 29.3 Å². The molecule has 5 nitrogen and oxygen atoms in total. The predicted molar refractivity (Wildman–Crippen MR) is 98.3 cm³/mol. The molecule has 0 saturated heterocycles. The Hall–Kier alpha value is -2.60. The van der Waals surface area contributed by atoms with Crippen LogP contribution in [0.25, 0.3) is 0 Å². The zero-order valence-corrected chi connectivity index (χ0v) is 15.1. The van der Waals surface area contributed by atoms with Gasteiger partial charge in [-0.1, -0.05) is 30.3 Å². The number of esters is 1. The summed E-state index contributed by atoms with van der Waals surface area (Å²) in [5.74, 6) is -0.475. The van der Waals surface area contributed by atoms with Crippen molar-refractivity contribution in [3.8, 4) is 0 Å². The Morgan fingerprint density at radius 1 is 1.16 bits per heavy atom. The molecule has 0 radical (unpaired) electrons. The summed E-state index contributed by atoms with van der Waals surface area (Å²) < 4.78 is 32.4. The molecule has 0 amide bonds. The Labute approximate surface area is 148 Å². The summed E-state index contributed by atoms with van der Waals surface area (Å²) in [6.07, 6.45) is 1.51. The van der Waals surface area contributed by atoms with Crippen LogP contribution in [0, 0.1) is 6.92 Å². The minimum Gasteiger partial charge on any atom is -0.462 e. The Kier molecular flexibility index (Phi) is 5.98. The predicted octanol–water partition coefficient (Wildman–Crippen LogP) is 3.55. The molecule has 0 aliphatic rings. The molecule has 0 spiro atoms. The van der Waals surface area contributed by atoms with Crippen LogP contribution in [0.1, 0.15) is 22.8 Å². The first-order chi connectivity index (χ1) is 11.9. The molecule has 132 valence electrons. The first-order valence-corrected chi connectivity index (χ1v) is 9.33. The lowest BCUT2D eigenvalue weighted by Crippen LogP contribution is -2.32. The number of rotatable bonds is 7. The van der Waals surface area contributed by atoms with Crippen molar-refractivity contribution in [1.82, 2.24) is 0 Å². The van der Waals surface area contributed by atoms with Crippen molar-refractivity contribution in [1.29, 1.82) is 0 Å². The number of carbonyl (C=O) groups excluding carboxylic acids is 1. The maximum atomic E-state index is 13.0. The molecule has 0 aliphatic heterocycles. The van der Waals surface area contributed by atoms with E-state index in [1.165, 1.54) is 22.5 Å². The van der Waals surface area contributed by atoms with E-state index in [9.17, 15) is 13.2 Å². The molecular formula is C19H21NO4S. The smallest absolute Gasteiger partial charge is 0.338 e. The average molecular weight is 359 g/mol. The summed E-state index contributed by atoms with van der Waals surface area (Å²) in [7, 11) is -3.78. The van der Waals surface area contributed by atoms with Crippen molar-refractivity contribution < 1.29 is 17.9 Å². The van der Waals surface area contributed by atoms with Crippen LogP contribution in [0.3, 0.4) is 0 Å². The number of anilines is 1. The van der Waals surface area contributed by atoms with Gasteiger partial charge in [0.1, 0.15) is 0 Å². The van der Waals surface area contributed by atoms with E-state index in [2.05, 4.69) is 6.58 Å². The lowest BCUT2D eigenvalue weighted by atomic mass is 10.1. The summed E-state index contributed by atoms with van der Waals surface area (Å²) in [6, 6.07) is 13.1. The van der Waals surface area contributed by atoms with Crippen LogP contribution >= 0.6 is 0 Å². The topological polar surface area (TPSA) is 63.7 Å². The third-order valence-corrected chi connectivity index (χ3v) is 5.49. The second-order valence-corrected chi connectivity index (χ2v) is 7.17. The highest BCUT2D eigenvalue weighted by atomic mass is 32.2. The van der Waals surface area contributed by atoms with Crippen molar-refractivity contribution in [2.75, 3.05) is 17.5 Å². The molecule has 2 aromatic rings. The van der Waals surface area contributed by atoms with Crippen molar-refractivity contribution in [3.05, 3.63) is 72.3 Å². The Morgan fingerprint density at radius 2 is 1.84 bits per heavy atom. The summed E-state index contributed by atoms with van der Waals surface area (Å²) in [5.41, 5.74) is 1.31. The molecule has 0 N–H and O–H groups in total. The Bertz CT molecular complexity index is 860. The van der Waals surface area contributed by atoms with Gasteiger partial charge >= 0.3 is 5.97 Å². The van der Waals surface area contributed by atoms with Crippen molar-refractivity contribution in [3.63, 3.8) is 0 Å². The minimum atomic E-state index is -3.78. The third kappa shape index (κ3) is 3.91. The molecule has 2 rings (SSSR count). The van der Waals surface area contributed by atoms with Gasteiger partial charge in [-0.25, -0.2) is 13.2 Å². The summed E-state index contributed by atoms with van der Waals surface area (Å²) in [5, 5.41) is 0. The first kappa shape index (κ1) is 18.7. The molecule has 0 atom stereocenters. The highest BCUT2D eigenvalue weighted by Crippen LogP contribution is 2.29. The van der Waals surface area contributed by atoms with Crippen LogP contribution < -0.4 is 4.31 Å². The second-order valence-electron chi connectivity index (χ2n) is 5.31. The second kappa shape index (κ2) is 7.98. The highest BCUT2D eigenvalue weighted by molar-refractivity contribution is 7.92. The largest absolute Gasteiger partial charge is 0.462 e. The van der Waals surface area contributed by atoms with Crippen LogP contribution in [0.5, 0.6) is 0 Å². The molecule has 0 saturated carbocycles. The van der Waals surface area contributed by atoms with Crippen LogP contribution in [0.4, 0.5) is 5.69 Å². The fourth-order valence-electron chi connectivity index (χ4n) is 2.49. The van der Waals surface area contributed by atoms with Gasteiger partial charge in [-0.2, -0.15) is 0 Å². The van der Waals surface area contributed by atoms with Gasteiger partial charge in [0.15, 0.2) is 0 Å². The van der Waals surface area contributed by atoms with Crippen molar-refractivity contribution in [2.24, 2.45) is 0 Å². The first-order valence-electron chi connectivity index (χ1n) is 7.89. The number of hydrogen-bond acceptors (Lipinski definition) is 4. The van der Waals surface area contributed by atoms with E-state index >= 15 is 0 Å². The molecule has 0 bridgehead atoms. The molecule has 6 heteroatoms. The Morgan fingerprint density at radius 3 is 2.44 bits per heavy atom. The highest BCUT2D eigenvalue weighted by Gasteiger charge is 2.26. The van der Waals surface area contributed by atoms with Crippen molar-refractivity contribution >= 4 is 21.7 Å². The van der Waals surface area contributed by atoms with Gasteiger partial charge in [0.2, 0.25) is 0 Å². The van der Waals surface area contributed by atoms with E-state index in [4.69, 9.17) is 4.74 Å². The van der Waals surface area contributed by atoms with E-state index < -0.39 is 16.0 Å². The maximum Gasteiger partial charge on any atom is 0.338 e. The van der Waals surface area contributed by atoms with E-state index in [1.54, 1.807) is 50.2 Å². The lowest BCUT2D eigenvalue weighted by Gasteiger charge is -2.25. The molecule has 0 aromatic heterocycles. The Balaban J connectivity index is 2.57. The van der Waals surface area contributed by atoms with Crippen LogP contribution in [-0.2, 0) is 14.8 Å². The van der Waals surface area contributed by atoms with Gasteiger partial charge in [-0.05, 0) is 43.7 Å². The normalized spacial score (nSPS) is 11.0. The summed E-state index contributed by atoms with van der Waals surface area (Å²) in [6.45, 7) is 7.42. The van der Waals surface area contributed by atoms with Gasteiger partial charge in [0, 0.05) is 0 Å². The number of benzene rings is 2. The standard InChI is InChI=1S/C19H21NO4S/c1-4-14-20(25(22,23)16-10-7-6-8-11-16)18-13-9-12-17(15(18)3)19(21)24-5-2/h4,6-13H,1,5,14H2,2-3H3. The fraction of sp³-hybridized carbons (Fsp3) is 0.211. The molecule has 0 fully saturated rings. The minimum absolute atomic E-state index is 0.0876. The van der Waals surface area contributed by atoms with Gasteiger partial charge < -0.3 is 4.74 Å². The molecule has 0 heterocycles. The average Bonchev–Trinajstić information content (AvgIpc) is 2.61. The molecular weight excluding hydrogens is 338 g/mol. The van der Waals surface area contributed by atoms with Gasteiger partial charge in [-0.15, -0.1) is 6.58 Å². The van der Waals surface area contributed by atoms with Crippen LogP contribution in [-0.4, -0.2) is 27.5 Å². The number of hydrogen-bond donors (Lipinski definition) is 0. The van der Waals surface area contributed by atoms with E-state index in [0.717, 1.165) is 0 Å². The summed E-state index contributed by atoms with van der Waals surface area (Å²) >= 11 is 0. The molecule has 25 heavy (non-hydrogen) atoms. The quantitative estimate of drug-likeness (QED) is 0.560. The number of sulfonamides is 1. The van der Waals surface area contributed by atoms with Gasteiger partial charge in [-0.3, -0.25) is 4.31 Å². The monoisotopic (exact) mass is 359 g/mol. The van der Waals surface area contributed by atoms with Crippen LogP contribution in [0.2, 0.25) is 0 Å². The van der Waals surface area contributed by atoms with E-state index in [1.807, 2.05) is 0 Å². The third-order valence-electron chi connectivity index (χ3n) is 3.70. The SMILES string of the molecule is C=CCN(c1cccc(C(=O)OCC)c1C)S(=O)(=O)c1ccccc1. The molecule has 0 aliphatic carbocycles. The van der Waals surface area contributed by atoms with Crippen molar-refractivity contribution in [2.45, 2.75) is 18.7 Å². The zero-order chi connectivity index (χ0) is 18.4.